The zero-order chi connectivity index (χ0) is 14.8. The lowest BCUT2D eigenvalue weighted by molar-refractivity contribution is -0.275. The summed E-state index contributed by atoms with van der Waals surface area (Å²) in [5, 5.41) is 9.23. The van der Waals surface area contributed by atoms with Crippen molar-refractivity contribution in [2.45, 2.75) is 38.0 Å². The molecule has 6 heteroatoms. The molecule has 1 aromatic rings. The molecule has 0 bridgehead atoms. The van der Waals surface area contributed by atoms with Crippen LogP contribution in [-0.4, -0.2) is 17.4 Å². The van der Waals surface area contributed by atoms with E-state index in [9.17, 15) is 23.1 Å². The number of hydrogen-bond acceptors (Lipinski definition) is 2. The Morgan fingerprint density at radius 2 is 1.85 bits per heavy atom. The largest absolute Gasteiger partial charge is 0.573 e. The first-order valence-corrected chi connectivity index (χ1v) is 6.46. The van der Waals surface area contributed by atoms with Crippen LogP contribution >= 0.6 is 0 Å². The number of aliphatic carboxylic acids is 1. The van der Waals surface area contributed by atoms with E-state index in [1.807, 2.05) is 0 Å². The summed E-state index contributed by atoms with van der Waals surface area (Å²) < 4.78 is 41.2. The first-order valence-electron chi connectivity index (χ1n) is 6.46. The van der Waals surface area contributed by atoms with Crippen molar-refractivity contribution in [1.82, 2.24) is 0 Å². The summed E-state index contributed by atoms with van der Waals surface area (Å²) in [5.41, 5.74) is 0.330. The van der Waals surface area contributed by atoms with Crippen molar-refractivity contribution in [1.29, 1.82) is 0 Å². The molecular weight excluding hydrogens is 273 g/mol. The minimum Gasteiger partial charge on any atom is -0.481 e. The Hall–Kier alpha value is -1.72. The summed E-state index contributed by atoms with van der Waals surface area (Å²) in [4.78, 5) is 11.3. The molecule has 2 unspecified atom stereocenters. The van der Waals surface area contributed by atoms with E-state index in [0.717, 1.165) is 12.8 Å². The standard InChI is InChI=1S/C14H15F3O3/c15-14(16,17)20-12-8-4-3-6-10(12)9-5-1-2-7-11(9)13(18)19/h3-4,6,8-9,11H,1-2,5,7H2,(H,18,19). The average Bonchev–Trinajstić information content (AvgIpc) is 2.37. The van der Waals surface area contributed by atoms with Crippen LogP contribution in [0.1, 0.15) is 37.2 Å². The van der Waals surface area contributed by atoms with Crippen LogP contribution in [-0.2, 0) is 4.79 Å². The third kappa shape index (κ3) is 3.43. The van der Waals surface area contributed by atoms with E-state index in [-0.39, 0.29) is 5.75 Å². The predicted molar refractivity (Wildman–Crippen MR) is 65.5 cm³/mol. The van der Waals surface area contributed by atoms with Crippen molar-refractivity contribution >= 4 is 5.97 Å². The second-order valence-corrected chi connectivity index (χ2v) is 4.92. The summed E-state index contributed by atoms with van der Waals surface area (Å²) in [7, 11) is 0. The maximum absolute atomic E-state index is 12.4. The number of ether oxygens (including phenoxy) is 1. The van der Waals surface area contributed by atoms with E-state index < -0.39 is 24.2 Å². The van der Waals surface area contributed by atoms with Gasteiger partial charge in [0.1, 0.15) is 5.75 Å². The first-order chi connectivity index (χ1) is 9.38. The van der Waals surface area contributed by atoms with Gasteiger partial charge >= 0.3 is 12.3 Å². The van der Waals surface area contributed by atoms with Gasteiger partial charge in [0, 0.05) is 5.92 Å². The molecule has 0 radical (unpaired) electrons. The highest BCUT2D eigenvalue weighted by molar-refractivity contribution is 5.71. The highest BCUT2D eigenvalue weighted by Crippen LogP contribution is 2.42. The Labute approximate surface area is 114 Å². The van der Waals surface area contributed by atoms with Gasteiger partial charge in [-0.25, -0.2) is 0 Å². The highest BCUT2D eigenvalue weighted by atomic mass is 19.4. The van der Waals surface area contributed by atoms with Crippen LogP contribution < -0.4 is 4.74 Å². The van der Waals surface area contributed by atoms with Gasteiger partial charge in [0.2, 0.25) is 0 Å². The number of carbonyl (C=O) groups is 1. The zero-order valence-electron chi connectivity index (χ0n) is 10.7. The molecule has 3 nitrogen and oxygen atoms in total. The summed E-state index contributed by atoms with van der Waals surface area (Å²) in [5.74, 6) is -2.34. The monoisotopic (exact) mass is 288 g/mol. The SMILES string of the molecule is O=C(O)C1CCCCC1c1ccccc1OC(F)(F)F. The number of benzene rings is 1. The fourth-order valence-corrected chi connectivity index (χ4v) is 2.80. The molecule has 110 valence electrons. The Morgan fingerprint density at radius 1 is 1.20 bits per heavy atom. The maximum Gasteiger partial charge on any atom is 0.573 e. The van der Waals surface area contributed by atoms with Gasteiger partial charge in [-0.05, 0) is 24.5 Å². The lowest BCUT2D eigenvalue weighted by Gasteiger charge is -2.30. The number of alkyl halides is 3. The third-order valence-electron chi connectivity index (χ3n) is 3.63. The minimum absolute atomic E-state index is 0.293. The van der Waals surface area contributed by atoms with Crippen molar-refractivity contribution in [2.75, 3.05) is 0 Å². The second kappa shape index (κ2) is 5.73. The van der Waals surface area contributed by atoms with Gasteiger partial charge in [0.05, 0.1) is 5.92 Å². The topological polar surface area (TPSA) is 46.5 Å². The van der Waals surface area contributed by atoms with Gasteiger partial charge in [0.15, 0.2) is 0 Å². The molecule has 1 N–H and O–H groups in total. The van der Waals surface area contributed by atoms with E-state index in [1.165, 1.54) is 18.2 Å². The van der Waals surface area contributed by atoms with E-state index >= 15 is 0 Å². The molecule has 0 saturated heterocycles. The molecule has 1 aliphatic carbocycles. The van der Waals surface area contributed by atoms with Crippen LogP contribution in [0.2, 0.25) is 0 Å². The van der Waals surface area contributed by atoms with Crippen LogP contribution in [0.4, 0.5) is 13.2 Å². The van der Waals surface area contributed by atoms with E-state index in [1.54, 1.807) is 6.07 Å². The molecule has 1 saturated carbocycles. The number of halogens is 3. The Morgan fingerprint density at radius 3 is 2.50 bits per heavy atom. The molecule has 2 atom stereocenters. The van der Waals surface area contributed by atoms with Gasteiger partial charge in [-0.1, -0.05) is 31.0 Å². The normalized spacial score (nSPS) is 23.4. The molecule has 0 amide bonds. The third-order valence-corrected chi connectivity index (χ3v) is 3.63. The number of carboxylic acids is 1. The number of rotatable bonds is 3. The van der Waals surface area contributed by atoms with Crippen LogP contribution in [0.25, 0.3) is 0 Å². The molecule has 0 spiro atoms. The molecular formula is C14H15F3O3. The average molecular weight is 288 g/mol. The molecule has 20 heavy (non-hydrogen) atoms. The molecule has 0 heterocycles. The van der Waals surface area contributed by atoms with Gasteiger partial charge in [-0.2, -0.15) is 0 Å². The molecule has 2 rings (SSSR count). The maximum atomic E-state index is 12.4. The van der Waals surface area contributed by atoms with Crippen molar-refractivity contribution in [2.24, 2.45) is 5.92 Å². The Kier molecular flexibility index (Phi) is 4.20. The highest BCUT2D eigenvalue weighted by Gasteiger charge is 2.37. The summed E-state index contributed by atoms with van der Waals surface area (Å²) in [6, 6.07) is 5.80. The van der Waals surface area contributed by atoms with Crippen LogP contribution in [0, 0.1) is 5.92 Å². The van der Waals surface area contributed by atoms with E-state index in [2.05, 4.69) is 4.74 Å². The fraction of sp³-hybridized carbons (Fsp3) is 0.500. The first kappa shape index (κ1) is 14.7. The van der Waals surface area contributed by atoms with Crippen molar-refractivity contribution in [3.05, 3.63) is 29.8 Å². The van der Waals surface area contributed by atoms with Crippen molar-refractivity contribution < 1.29 is 27.8 Å². The Balaban J connectivity index is 2.33. The van der Waals surface area contributed by atoms with Crippen LogP contribution in [0.5, 0.6) is 5.75 Å². The van der Waals surface area contributed by atoms with Gasteiger partial charge < -0.3 is 9.84 Å². The number of hydrogen-bond donors (Lipinski definition) is 1. The molecule has 1 aliphatic rings. The smallest absolute Gasteiger partial charge is 0.481 e. The van der Waals surface area contributed by atoms with Gasteiger partial charge in [-0.3, -0.25) is 4.79 Å². The lowest BCUT2D eigenvalue weighted by Crippen LogP contribution is -2.26. The molecule has 1 aromatic carbocycles. The van der Waals surface area contributed by atoms with Gasteiger partial charge in [-0.15, -0.1) is 13.2 Å². The molecule has 0 aliphatic heterocycles. The molecule has 1 fully saturated rings. The van der Waals surface area contributed by atoms with Crippen molar-refractivity contribution in [3.63, 3.8) is 0 Å². The lowest BCUT2D eigenvalue weighted by atomic mass is 9.75. The summed E-state index contributed by atoms with van der Waals surface area (Å²) >= 11 is 0. The van der Waals surface area contributed by atoms with E-state index in [4.69, 9.17) is 0 Å². The number of para-hydroxylation sites is 1. The Bertz CT molecular complexity index is 485. The quantitative estimate of drug-likeness (QED) is 0.916. The predicted octanol–water partition coefficient (Wildman–Crippen LogP) is 3.94. The van der Waals surface area contributed by atoms with Crippen molar-refractivity contribution in [3.8, 4) is 5.75 Å². The summed E-state index contributed by atoms with van der Waals surface area (Å²) in [6.07, 6.45) is -2.12. The zero-order valence-corrected chi connectivity index (χ0v) is 10.7. The second-order valence-electron chi connectivity index (χ2n) is 4.92. The van der Waals surface area contributed by atoms with Gasteiger partial charge in [0.25, 0.3) is 0 Å². The van der Waals surface area contributed by atoms with Crippen LogP contribution in [0.3, 0.4) is 0 Å². The van der Waals surface area contributed by atoms with E-state index in [0.29, 0.717) is 18.4 Å². The summed E-state index contributed by atoms with van der Waals surface area (Å²) in [6.45, 7) is 0. The fourth-order valence-electron chi connectivity index (χ4n) is 2.80. The van der Waals surface area contributed by atoms with Crippen LogP contribution in [0.15, 0.2) is 24.3 Å². The number of carboxylic acid groups (broad SMARTS) is 1. The minimum atomic E-state index is -4.77. The molecule has 0 aromatic heterocycles.